The molecule has 1 atom stereocenters. The number of likely N-dealkylation sites (N-methyl/N-ethyl adjacent to an activating group) is 1. The molecule has 1 amide bonds. The number of para-hydroxylation sites is 1. The number of benzene rings is 2. The average Bonchev–Trinajstić information content (AvgIpc) is 3.00. The van der Waals surface area contributed by atoms with E-state index >= 15 is 0 Å². The van der Waals surface area contributed by atoms with E-state index in [9.17, 15) is 4.79 Å². The largest absolute Gasteiger partial charge is 0.459 e. The molecule has 0 aliphatic heterocycles. The van der Waals surface area contributed by atoms with E-state index in [1.165, 1.54) is 0 Å². The molecule has 1 unspecified atom stereocenters. The van der Waals surface area contributed by atoms with Crippen molar-refractivity contribution in [3.63, 3.8) is 0 Å². The van der Waals surface area contributed by atoms with Gasteiger partial charge in [0.25, 0.3) is 0 Å². The lowest BCUT2D eigenvalue weighted by Gasteiger charge is -2.23. The second-order valence-electron chi connectivity index (χ2n) is 5.74. The Morgan fingerprint density at radius 1 is 1.12 bits per heavy atom. The molecule has 0 fully saturated rings. The number of hydrogen-bond donors (Lipinski definition) is 0. The number of amides is 1. The van der Waals surface area contributed by atoms with Crippen LogP contribution in [0.15, 0.2) is 52.9 Å². The Bertz CT molecular complexity index is 835. The zero-order valence-electron chi connectivity index (χ0n) is 13.4. The summed E-state index contributed by atoms with van der Waals surface area (Å²) in [5, 5.41) is 2.02. The maximum atomic E-state index is 12.6. The zero-order valence-corrected chi connectivity index (χ0v) is 14.9. The Labute approximate surface area is 150 Å². The molecule has 0 bridgehead atoms. The van der Waals surface area contributed by atoms with Crippen molar-refractivity contribution >= 4 is 40.1 Å². The van der Waals surface area contributed by atoms with Gasteiger partial charge in [0.1, 0.15) is 11.3 Å². The minimum Gasteiger partial charge on any atom is -0.459 e. The molecule has 0 N–H and O–H groups in total. The topological polar surface area (TPSA) is 33.5 Å². The van der Waals surface area contributed by atoms with Gasteiger partial charge in [-0.15, -0.1) is 0 Å². The van der Waals surface area contributed by atoms with Crippen LogP contribution in [0.25, 0.3) is 11.0 Å². The van der Waals surface area contributed by atoms with Gasteiger partial charge in [-0.2, -0.15) is 0 Å². The molecule has 124 valence electrons. The van der Waals surface area contributed by atoms with Crippen LogP contribution in [-0.2, 0) is 11.2 Å². The first-order valence-corrected chi connectivity index (χ1v) is 8.40. The van der Waals surface area contributed by atoms with Crippen molar-refractivity contribution < 1.29 is 9.21 Å². The van der Waals surface area contributed by atoms with E-state index in [1.807, 2.05) is 37.3 Å². The summed E-state index contributed by atoms with van der Waals surface area (Å²) >= 11 is 12.3. The van der Waals surface area contributed by atoms with Gasteiger partial charge >= 0.3 is 0 Å². The van der Waals surface area contributed by atoms with E-state index < -0.39 is 0 Å². The lowest BCUT2D eigenvalue weighted by atomic mass is 10.1. The summed E-state index contributed by atoms with van der Waals surface area (Å²) in [6, 6.07) is 14.8. The highest BCUT2D eigenvalue weighted by Crippen LogP contribution is 2.29. The van der Waals surface area contributed by atoms with E-state index in [-0.39, 0.29) is 18.4 Å². The van der Waals surface area contributed by atoms with Crippen LogP contribution in [-0.4, -0.2) is 17.9 Å². The molecule has 3 aromatic rings. The minimum atomic E-state index is -0.189. The van der Waals surface area contributed by atoms with Crippen molar-refractivity contribution in [1.82, 2.24) is 4.90 Å². The highest BCUT2D eigenvalue weighted by Gasteiger charge is 2.22. The van der Waals surface area contributed by atoms with Gasteiger partial charge in [-0.3, -0.25) is 4.79 Å². The van der Waals surface area contributed by atoms with E-state index in [0.717, 1.165) is 16.7 Å². The minimum absolute atomic E-state index is 0.0713. The van der Waals surface area contributed by atoms with Gasteiger partial charge in [0, 0.05) is 22.5 Å². The maximum absolute atomic E-state index is 12.6. The Morgan fingerprint density at radius 3 is 2.46 bits per heavy atom. The number of hydrogen-bond acceptors (Lipinski definition) is 2. The molecule has 0 saturated carbocycles. The molecule has 3 nitrogen and oxygen atoms in total. The third-order valence-electron chi connectivity index (χ3n) is 4.22. The van der Waals surface area contributed by atoms with E-state index in [4.69, 9.17) is 27.6 Å². The number of nitrogens with zero attached hydrogens (tertiary/aromatic N) is 1. The molecule has 2 aromatic carbocycles. The van der Waals surface area contributed by atoms with Gasteiger partial charge in [-0.1, -0.05) is 47.5 Å². The number of furan rings is 1. The van der Waals surface area contributed by atoms with Crippen molar-refractivity contribution in [3.05, 3.63) is 69.9 Å². The van der Waals surface area contributed by atoms with Crippen LogP contribution in [0.4, 0.5) is 0 Å². The normalized spacial score (nSPS) is 12.3. The molecular weight excluding hydrogens is 345 g/mol. The average molecular weight is 362 g/mol. The fourth-order valence-electron chi connectivity index (χ4n) is 2.59. The summed E-state index contributed by atoms with van der Waals surface area (Å²) in [6.45, 7) is 1.93. The third kappa shape index (κ3) is 3.28. The predicted molar refractivity (Wildman–Crippen MR) is 97.6 cm³/mol. The highest BCUT2D eigenvalue weighted by molar-refractivity contribution is 6.36. The summed E-state index contributed by atoms with van der Waals surface area (Å²) < 4.78 is 5.85. The summed E-state index contributed by atoms with van der Waals surface area (Å²) in [7, 11) is 1.75. The van der Waals surface area contributed by atoms with E-state index in [0.29, 0.717) is 15.6 Å². The van der Waals surface area contributed by atoms with Gasteiger partial charge in [0.15, 0.2) is 0 Å². The monoisotopic (exact) mass is 361 g/mol. The second kappa shape index (κ2) is 6.88. The Kier molecular flexibility index (Phi) is 4.83. The number of carbonyl (C=O) groups is 1. The van der Waals surface area contributed by atoms with Crippen LogP contribution in [0.5, 0.6) is 0 Å². The van der Waals surface area contributed by atoms with Crippen LogP contribution in [0, 0.1) is 0 Å². The van der Waals surface area contributed by atoms with Crippen molar-refractivity contribution in [2.24, 2.45) is 0 Å². The van der Waals surface area contributed by atoms with Crippen molar-refractivity contribution in [2.75, 3.05) is 7.05 Å². The number of carbonyl (C=O) groups excluding carboxylic acids is 1. The molecular formula is C19H17Cl2NO2. The van der Waals surface area contributed by atoms with Crippen molar-refractivity contribution in [2.45, 2.75) is 19.4 Å². The van der Waals surface area contributed by atoms with Gasteiger partial charge in [-0.25, -0.2) is 0 Å². The molecule has 0 radical (unpaired) electrons. The third-order valence-corrected chi connectivity index (χ3v) is 4.93. The molecule has 0 aliphatic rings. The molecule has 0 saturated heterocycles. The van der Waals surface area contributed by atoms with Crippen LogP contribution < -0.4 is 0 Å². The van der Waals surface area contributed by atoms with Gasteiger partial charge in [-0.05, 0) is 36.8 Å². The lowest BCUT2D eigenvalue weighted by molar-refractivity contribution is -0.131. The first-order chi connectivity index (χ1) is 11.5. The summed E-state index contributed by atoms with van der Waals surface area (Å²) in [5.74, 6) is 0.676. The summed E-state index contributed by atoms with van der Waals surface area (Å²) in [5.41, 5.74) is 1.46. The van der Waals surface area contributed by atoms with Crippen molar-refractivity contribution in [1.29, 1.82) is 0 Å². The molecule has 3 rings (SSSR count). The van der Waals surface area contributed by atoms with Crippen LogP contribution in [0.3, 0.4) is 0 Å². The smallest absolute Gasteiger partial charge is 0.227 e. The molecule has 5 heteroatoms. The zero-order chi connectivity index (χ0) is 17.3. The molecule has 0 aliphatic carbocycles. The summed E-state index contributed by atoms with van der Waals surface area (Å²) in [4.78, 5) is 14.3. The molecule has 1 aromatic heterocycles. The number of rotatable bonds is 4. The van der Waals surface area contributed by atoms with Crippen LogP contribution >= 0.6 is 23.2 Å². The predicted octanol–water partition coefficient (Wildman–Crippen LogP) is 5.50. The molecule has 0 spiro atoms. The number of fused-ring (bicyclic) bond motifs is 1. The van der Waals surface area contributed by atoms with Gasteiger partial charge < -0.3 is 9.32 Å². The SMILES string of the molecule is CC(c1cc2ccccc2o1)N(C)C(=O)Cc1c(Cl)cccc1Cl. The van der Waals surface area contributed by atoms with Crippen LogP contribution in [0.1, 0.15) is 24.3 Å². The maximum Gasteiger partial charge on any atom is 0.227 e. The molecule has 1 heterocycles. The first kappa shape index (κ1) is 16.9. The second-order valence-corrected chi connectivity index (χ2v) is 6.56. The fourth-order valence-corrected chi connectivity index (χ4v) is 3.12. The Hall–Kier alpha value is -1.97. The fraction of sp³-hybridized carbons (Fsp3) is 0.211. The van der Waals surface area contributed by atoms with E-state index in [2.05, 4.69) is 0 Å². The van der Waals surface area contributed by atoms with E-state index in [1.54, 1.807) is 30.1 Å². The van der Waals surface area contributed by atoms with Gasteiger partial charge in [0.2, 0.25) is 5.91 Å². The first-order valence-electron chi connectivity index (χ1n) is 7.64. The highest BCUT2D eigenvalue weighted by atomic mass is 35.5. The van der Waals surface area contributed by atoms with Crippen molar-refractivity contribution in [3.8, 4) is 0 Å². The quantitative estimate of drug-likeness (QED) is 0.614. The lowest BCUT2D eigenvalue weighted by Crippen LogP contribution is -2.30. The standard InChI is InChI=1S/C19H17Cl2NO2/c1-12(18-10-13-6-3-4-9-17(13)24-18)22(2)19(23)11-14-15(20)7-5-8-16(14)21/h3-10,12H,11H2,1-2H3. The number of halogens is 2. The van der Waals surface area contributed by atoms with Gasteiger partial charge in [0.05, 0.1) is 12.5 Å². The Morgan fingerprint density at radius 2 is 1.79 bits per heavy atom. The van der Waals surface area contributed by atoms with Crippen LogP contribution in [0.2, 0.25) is 10.0 Å². The Balaban J connectivity index is 1.79. The molecule has 24 heavy (non-hydrogen) atoms. The summed E-state index contributed by atoms with van der Waals surface area (Å²) in [6.07, 6.45) is 0.152.